The van der Waals surface area contributed by atoms with Crippen LogP contribution in [0, 0.1) is 6.92 Å². The molecule has 6 nitrogen and oxygen atoms in total. The van der Waals surface area contributed by atoms with E-state index in [0.717, 1.165) is 10.4 Å². The minimum absolute atomic E-state index is 0.0634. The van der Waals surface area contributed by atoms with Crippen LogP contribution in [0.15, 0.2) is 66.0 Å². The Morgan fingerprint density at radius 3 is 2.47 bits per heavy atom. The molecule has 0 saturated heterocycles. The second-order valence-electron chi connectivity index (χ2n) is 6.89. The molecular weight excluding hydrogens is 398 g/mol. The molecule has 1 aromatic heterocycles. The largest absolute Gasteiger partial charge is 0.348 e. The van der Waals surface area contributed by atoms with Gasteiger partial charge in [-0.05, 0) is 48.2 Å². The van der Waals surface area contributed by atoms with Crippen LogP contribution < -0.4 is 16.0 Å². The zero-order valence-electron chi connectivity index (χ0n) is 16.8. The van der Waals surface area contributed by atoms with Crippen LogP contribution in [-0.2, 0) is 9.59 Å². The highest BCUT2D eigenvalue weighted by Gasteiger charge is 2.20. The van der Waals surface area contributed by atoms with E-state index in [4.69, 9.17) is 0 Å². The molecular formula is C23H23N3O3S. The molecule has 3 rings (SSSR count). The van der Waals surface area contributed by atoms with Gasteiger partial charge >= 0.3 is 0 Å². The van der Waals surface area contributed by atoms with E-state index >= 15 is 0 Å². The van der Waals surface area contributed by atoms with Gasteiger partial charge in [-0.25, -0.2) is 0 Å². The van der Waals surface area contributed by atoms with Crippen molar-refractivity contribution >= 4 is 40.4 Å². The Kier molecular flexibility index (Phi) is 6.98. The van der Waals surface area contributed by atoms with Crippen LogP contribution in [0.2, 0.25) is 0 Å². The van der Waals surface area contributed by atoms with Gasteiger partial charge in [0.05, 0.1) is 23.7 Å². The molecule has 0 aliphatic rings. The maximum absolute atomic E-state index is 12.8. The summed E-state index contributed by atoms with van der Waals surface area (Å²) in [4.78, 5) is 37.9. The Morgan fingerprint density at radius 2 is 1.77 bits per heavy atom. The number of nitrogens with one attached hydrogen (secondary N) is 3. The second-order valence-corrected chi connectivity index (χ2v) is 7.87. The summed E-state index contributed by atoms with van der Waals surface area (Å²) in [6.45, 7) is 3.37. The molecule has 0 aliphatic heterocycles. The van der Waals surface area contributed by atoms with E-state index in [9.17, 15) is 14.4 Å². The van der Waals surface area contributed by atoms with E-state index in [1.54, 1.807) is 24.3 Å². The van der Waals surface area contributed by atoms with Gasteiger partial charge in [0.15, 0.2) is 0 Å². The third-order valence-corrected chi connectivity index (χ3v) is 5.36. The summed E-state index contributed by atoms with van der Waals surface area (Å²) < 4.78 is 0. The molecule has 0 bridgehead atoms. The first kappa shape index (κ1) is 21.3. The first-order valence-electron chi connectivity index (χ1n) is 9.50. The number of thiophene rings is 1. The smallest absolute Gasteiger partial charge is 0.257 e. The van der Waals surface area contributed by atoms with Crippen molar-refractivity contribution in [3.8, 4) is 0 Å². The van der Waals surface area contributed by atoms with Gasteiger partial charge < -0.3 is 16.0 Å². The van der Waals surface area contributed by atoms with Crippen molar-refractivity contribution in [1.82, 2.24) is 5.32 Å². The molecule has 0 spiro atoms. The maximum atomic E-state index is 12.8. The topological polar surface area (TPSA) is 87.3 Å². The number of rotatable bonds is 7. The van der Waals surface area contributed by atoms with Crippen LogP contribution >= 0.6 is 11.3 Å². The fourth-order valence-electron chi connectivity index (χ4n) is 3.06. The molecule has 1 heterocycles. The third-order valence-electron chi connectivity index (χ3n) is 4.38. The highest BCUT2D eigenvalue weighted by Crippen LogP contribution is 2.24. The normalized spacial score (nSPS) is 11.4. The van der Waals surface area contributed by atoms with Gasteiger partial charge in [-0.3, -0.25) is 14.4 Å². The Balaban J connectivity index is 1.72. The number of aryl methyl sites for hydroxylation is 1. The van der Waals surface area contributed by atoms with E-state index in [0.29, 0.717) is 16.9 Å². The van der Waals surface area contributed by atoms with Gasteiger partial charge in [-0.1, -0.05) is 30.3 Å². The van der Waals surface area contributed by atoms with Gasteiger partial charge in [0.25, 0.3) is 5.91 Å². The summed E-state index contributed by atoms with van der Waals surface area (Å²) in [5.74, 6) is -0.815. The monoisotopic (exact) mass is 421 g/mol. The van der Waals surface area contributed by atoms with Crippen molar-refractivity contribution in [2.75, 3.05) is 10.6 Å². The summed E-state index contributed by atoms with van der Waals surface area (Å²) in [5, 5.41) is 10.4. The number of benzene rings is 2. The second kappa shape index (κ2) is 9.84. The van der Waals surface area contributed by atoms with E-state index in [1.165, 1.54) is 18.3 Å². The van der Waals surface area contributed by atoms with E-state index in [-0.39, 0.29) is 24.1 Å². The lowest BCUT2D eigenvalue weighted by Crippen LogP contribution is -2.29. The minimum atomic E-state index is -0.421. The molecule has 3 amide bonds. The van der Waals surface area contributed by atoms with Crippen molar-refractivity contribution in [2.45, 2.75) is 26.3 Å². The Bertz CT molecular complexity index is 1050. The van der Waals surface area contributed by atoms with E-state index in [2.05, 4.69) is 16.0 Å². The summed E-state index contributed by atoms with van der Waals surface area (Å²) in [7, 11) is 0. The lowest BCUT2D eigenvalue weighted by molar-refractivity contribution is -0.120. The lowest BCUT2D eigenvalue weighted by Gasteiger charge is -2.17. The summed E-state index contributed by atoms with van der Waals surface area (Å²) in [5.41, 5.74) is 2.50. The zero-order chi connectivity index (χ0) is 21.5. The molecule has 30 heavy (non-hydrogen) atoms. The maximum Gasteiger partial charge on any atom is 0.257 e. The molecule has 7 heteroatoms. The quantitative estimate of drug-likeness (QED) is 0.524. The predicted octanol–water partition coefficient (Wildman–Crippen LogP) is 4.51. The Morgan fingerprint density at radius 1 is 0.967 bits per heavy atom. The van der Waals surface area contributed by atoms with Crippen LogP contribution in [-0.4, -0.2) is 17.7 Å². The van der Waals surface area contributed by atoms with Crippen LogP contribution in [0.3, 0.4) is 0 Å². The molecule has 0 unspecified atom stereocenters. The van der Waals surface area contributed by atoms with Crippen molar-refractivity contribution in [2.24, 2.45) is 0 Å². The van der Waals surface area contributed by atoms with Crippen LogP contribution in [0.4, 0.5) is 11.4 Å². The molecule has 2 aromatic carbocycles. The van der Waals surface area contributed by atoms with Gasteiger partial charge in [0.1, 0.15) is 0 Å². The first-order valence-corrected chi connectivity index (χ1v) is 10.4. The molecule has 0 saturated carbocycles. The fourth-order valence-corrected chi connectivity index (χ4v) is 3.83. The molecule has 1 atom stereocenters. The summed E-state index contributed by atoms with van der Waals surface area (Å²) >= 11 is 1.47. The van der Waals surface area contributed by atoms with Gasteiger partial charge in [-0.15, -0.1) is 11.3 Å². The SMILES string of the molecule is CC(=O)N[C@H](CC(=O)Nc1ccccc1C(=O)Nc1cccc(C)c1)c1cccs1. The molecule has 3 N–H and O–H groups in total. The fraction of sp³-hybridized carbons (Fsp3) is 0.174. The number of hydrogen-bond acceptors (Lipinski definition) is 4. The van der Waals surface area contributed by atoms with Crippen molar-refractivity contribution in [3.05, 3.63) is 82.0 Å². The van der Waals surface area contributed by atoms with Crippen molar-refractivity contribution < 1.29 is 14.4 Å². The molecule has 154 valence electrons. The first-order chi connectivity index (χ1) is 14.4. The summed E-state index contributed by atoms with van der Waals surface area (Å²) in [6, 6.07) is 17.7. The number of carbonyl (C=O) groups is 3. The third kappa shape index (κ3) is 5.78. The van der Waals surface area contributed by atoms with Gasteiger partial charge in [0, 0.05) is 17.5 Å². The molecule has 0 radical (unpaired) electrons. The van der Waals surface area contributed by atoms with Crippen molar-refractivity contribution in [3.63, 3.8) is 0 Å². The number of hydrogen-bond donors (Lipinski definition) is 3. The predicted molar refractivity (Wildman–Crippen MR) is 120 cm³/mol. The molecule has 3 aromatic rings. The molecule has 0 fully saturated rings. The van der Waals surface area contributed by atoms with Gasteiger partial charge in [0.2, 0.25) is 11.8 Å². The van der Waals surface area contributed by atoms with Crippen molar-refractivity contribution in [1.29, 1.82) is 0 Å². The standard InChI is InChI=1S/C23H23N3O3S/c1-15-7-5-8-17(13-15)25-23(29)18-9-3-4-10-19(18)26-22(28)14-20(24-16(2)27)21-11-6-12-30-21/h3-13,20H,14H2,1-2H3,(H,24,27)(H,25,29)(H,26,28)/t20-/m1/s1. The van der Waals surface area contributed by atoms with Crippen LogP contribution in [0.1, 0.15) is 40.2 Å². The van der Waals surface area contributed by atoms with E-state index < -0.39 is 6.04 Å². The summed E-state index contributed by atoms with van der Waals surface area (Å²) in [6.07, 6.45) is 0.0634. The highest BCUT2D eigenvalue weighted by molar-refractivity contribution is 7.10. The number of amides is 3. The average Bonchev–Trinajstić information content (AvgIpc) is 3.22. The highest BCUT2D eigenvalue weighted by atomic mass is 32.1. The Labute approximate surface area is 179 Å². The Hall–Kier alpha value is -3.45. The molecule has 0 aliphatic carbocycles. The average molecular weight is 422 g/mol. The van der Waals surface area contributed by atoms with E-state index in [1.807, 2.05) is 48.7 Å². The number of para-hydroxylation sites is 1. The zero-order valence-corrected chi connectivity index (χ0v) is 17.6. The van der Waals surface area contributed by atoms with Gasteiger partial charge in [-0.2, -0.15) is 0 Å². The number of anilines is 2. The minimum Gasteiger partial charge on any atom is -0.348 e. The van der Waals surface area contributed by atoms with Crippen LogP contribution in [0.25, 0.3) is 0 Å². The number of carbonyl (C=O) groups excluding carboxylic acids is 3. The lowest BCUT2D eigenvalue weighted by atomic mass is 10.1. The van der Waals surface area contributed by atoms with Crippen LogP contribution in [0.5, 0.6) is 0 Å².